The summed E-state index contributed by atoms with van der Waals surface area (Å²) in [6.07, 6.45) is -0.451. The van der Waals surface area contributed by atoms with E-state index in [0.717, 1.165) is 10.6 Å². The Morgan fingerprint density at radius 2 is 1.28 bits per heavy atom. The number of hydrogen-bond acceptors (Lipinski definition) is 2. The second-order valence-corrected chi connectivity index (χ2v) is 7.42. The van der Waals surface area contributed by atoms with E-state index in [2.05, 4.69) is 5.09 Å². The molecule has 0 saturated carbocycles. The maximum atomic E-state index is 8.87. The minimum absolute atomic E-state index is 0. The van der Waals surface area contributed by atoms with Gasteiger partial charge in [0.2, 0.25) is 0 Å². The van der Waals surface area contributed by atoms with Gasteiger partial charge in [0.15, 0.2) is 0 Å². The van der Waals surface area contributed by atoms with Gasteiger partial charge < -0.3 is 10.3 Å². The van der Waals surface area contributed by atoms with Gasteiger partial charge in [0.25, 0.3) is 0 Å². The van der Waals surface area contributed by atoms with Crippen LogP contribution in [0.5, 0.6) is 0 Å². The minimum Gasteiger partial charge on any atom is -0.494 e. The second kappa shape index (κ2) is 7.09. The van der Waals surface area contributed by atoms with Crippen LogP contribution < -0.4 is 40.2 Å². The zero-order valence-electron chi connectivity index (χ0n) is 10.0. The van der Waals surface area contributed by atoms with E-state index in [0.29, 0.717) is 0 Å². The van der Waals surface area contributed by atoms with Crippen LogP contribution in [0.1, 0.15) is 0 Å². The van der Waals surface area contributed by atoms with Gasteiger partial charge in [-0.25, -0.2) is 0 Å². The van der Waals surface area contributed by atoms with Crippen LogP contribution in [-0.2, 0) is 11.8 Å². The van der Waals surface area contributed by atoms with Crippen molar-refractivity contribution in [2.45, 2.75) is 0 Å². The molecule has 0 heterocycles. The van der Waals surface area contributed by atoms with Crippen molar-refractivity contribution in [2.75, 3.05) is 0 Å². The SMILES string of the molecule is N#C[N-]P(=S)(c1ccccc1)c1ccccc1.[Na+]. The molecule has 0 spiro atoms. The summed E-state index contributed by atoms with van der Waals surface area (Å²) in [5.41, 5.74) is 0. The van der Waals surface area contributed by atoms with E-state index in [9.17, 15) is 0 Å². The molecule has 2 aromatic rings. The first-order chi connectivity index (χ1) is 8.27. The summed E-state index contributed by atoms with van der Waals surface area (Å²) >= 11 is 5.66. The molecule has 0 aliphatic carbocycles. The van der Waals surface area contributed by atoms with Crippen LogP contribution in [-0.4, -0.2) is 0 Å². The normalized spacial score (nSPS) is 9.94. The number of rotatable bonds is 3. The summed E-state index contributed by atoms with van der Waals surface area (Å²) in [7, 11) is 0. The van der Waals surface area contributed by atoms with Gasteiger partial charge in [0, 0.05) is 6.19 Å². The van der Waals surface area contributed by atoms with Crippen molar-refractivity contribution < 1.29 is 29.6 Å². The Morgan fingerprint density at radius 3 is 1.61 bits per heavy atom. The molecule has 0 saturated heterocycles. The molecule has 5 heteroatoms. The van der Waals surface area contributed by atoms with Crippen LogP contribution in [0.15, 0.2) is 60.7 Å². The van der Waals surface area contributed by atoms with E-state index in [1.165, 1.54) is 0 Å². The van der Waals surface area contributed by atoms with Gasteiger partial charge in [-0.3, -0.25) is 0 Å². The van der Waals surface area contributed by atoms with Gasteiger partial charge in [-0.15, -0.1) is 0 Å². The summed E-state index contributed by atoms with van der Waals surface area (Å²) in [4.78, 5) is 0. The van der Waals surface area contributed by atoms with Crippen molar-refractivity contribution in [2.24, 2.45) is 0 Å². The summed E-state index contributed by atoms with van der Waals surface area (Å²) in [5, 5.41) is 14.8. The number of nitrogens with zero attached hydrogens (tertiary/aromatic N) is 2. The fourth-order valence-electron chi connectivity index (χ4n) is 1.59. The Bertz CT molecular complexity index is 537. The largest absolute Gasteiger partial charge is 1.00 e. The fourth-order valence-corrected chi connectivity index (χ4v) is 4.24. The first kappa shape index (κ1) is 15.4. The zero-order chi connectivity index (χ0) is 12.1. The molecule has 2 nitrogen and oxygen atoms in total. The van der Waals surface area contributed by atoms with Gasteiger partial charge in [0.1, 0.15) is 0 Å². The van der Waals surface area contributed by atoms with Crippen LogP contribution in [0.3, 0.4) is 0 Å². The van der Waals surface area contributed by atoms with Gasteiger partial charge in [0.05, 0.1) is 0 Å². The number of hydrogen-bond donors (Lipinski definition) is 0. The first-order valence-electron chi connectivity index (χ1n) is 5.10. The molecule has 0 aliphatic heterocycles. The first-order valence-corrected chi connectivity index (χ1v) is 7.85. The minimum atomic E-state index is -2.33. The van der Waals surface area contributed by atoms with Crippen molar-refractivity contribution in [3.63, 3.8) is 0 Å². The molecule has 0 N–H and O–H groups in total. The summed E-state index contributed by atoms with van der Waals surface area (Å²) in [6.45, 7) is 0. The molecule has 84 valence electrons. The van der Waals surface area contributed by atoms with Crippen molar-refractivity contribution in [1.29, 1.82) is 5.26 Å². The molecule has 0 aliphatic rings. The van der Waals surface area contributed by atoms with Gasteiger partial charge >= 0.3 is 29.6 Å². The fraction of sp³-hybridized carbons (Fsp3) is 0. The topological polar surface area (TPSA) is 37.9 Å². The molecule has 0 atom stereocenters. The molecular weight excluding hydrogens is 270 g/mol. The van der Waals surface area contributed by atoms with Crippen molar-refractivity contribution >= 4 is 28.6 Å². The smallest absolute Gasteiger partial charge is 0.494 e. The van der Waals surface area contributed by atoms with Crippen LogP contribution in [0.25, 0.3) is 5.09 Å². The Labute approximate surface area is 134 Å². The van der Waals surface area contributed by atoms with E-state index >= 15 is 0 Å². The van der Waals surface area contributed by atoms with Crippen molar-refractivity contribution in [1.82, 2.24) is 0 Å². The number of benzene rings is 2. The third-order valence-electron chi connectivity index (χ3n) is 2.40. The Balaban J connectivity index is 0.00000162. The molecule has 2 aromatic carbocycles. The standard InChI is InChI=1S/C13H10N2PS.Na/c14-11-15-16(17,12-7-3-1-4-8-12)13-9-5-2-6-10-13;/h1-10H;/q-1;+1. The third-order valence-corrected chi connectivity index (χ3v) is 6.28. The van der Waals surface area contributed by atoms with Crippen molar-refractivity contribution in [3.8, 4) is 6.19 Å². The summed E-state index contributed by atoms with van der Waals surface area (Å²) in [5.74, 6) is 0. The Kier molecular flexibility index (Phi) is 6.08. The van der Waals surface area contributed by atoms with Crippen LogP contribution in [0.2, 0.25) is 0 Å². The molecule has 0 amide bonds. The average molecular weight is 280 g/mol. The van der Waals surface area contributed by atoms with Gasteiger partial charge in [-0.2, -0.15) is 0 Å². The maximum Gasteiger partial charge on any atom is 1.00 e. The second-order valence-electron chi connectivity index (χ2n) is 3.45. The predicted molar refractivity (Wildman–Crippen MR) is 75.4 cm³/mol. The molecule has 0 aromatic heterocycles. The molecule has 18 heavy (non-hydrogen) atoms. The van der Waals surface area contributed by atoms with Crippen LogP contribution in [0.4, 0.5) is 0 Å². The third kappa shape index (κ3) is 3.23. The van der Waals surface area contributed by atoms with E-state index in [1.54, 1.807) is 0 Å². The van der Waals surface area contributed by atoms with E-state index in [1.807, 2.05) is 66.9 Å². The monoisotopic (exact) mass is 280 g/mol. The predicted octanol–water partition coefficient (Wildman–Crippen LogP) is -0.109. The average Bonchev–Trinajstić information content (AvgIpc) is 2.41. The Morgan fingerprint density at radius 1 is 0.889 bits per heavy atom. The quantitative estimate of drug-likeness (QED) is 0.447. The zero-order valence-corrected chi connectivity index (χ0v) is 13.7. The van der Waals surface area contributed by atoms with Crippen molar-refractivity contribution in [3.05, 3.63) is 65.8 Å². The molecule has 0 fully saturated rings. The molecular formula is C13H10N2NaPS. The van der Waals surface area contributed by atoms with Gasteiger partial charge in [-0.1, -0.05) is 78.7 Å². The Hall–Kier alpha value is -0.620. The van der Waals surface area contributed by atoms with Crippen LogP contribution in [0, 0.1) is 11.5 Å². The molecule has 0 unspecified atom stereocenters. The van der Waals surface area contributed by atoms with Gasteiger partial charge in [-0.05, 0) is 10.6 Å². The van der Waals surface area contributed by atoms with Crippen LogP contribution >= 0.6 is 6.19 Å². The summed E-state index contributed by atoms with van der Waals surface area (Å²) < 4.78 is 0. The molecule has 0 radical (unpaired) electrons. The molecule has 0 bridgehead atoms. The number of nitriles is 1. The van der Waals surface area contributed by atoms with E-state index < -0.39 is 6.19 Å². The summed E-state index contributed by atoms with van der Waals surface area (Å²) in [6, 6.07) is 19.3. The molecule has 2 rings (SSSR count). The van der Waals surface area contributed by atoms with E-state index in [-0.39, 0.29) is 29.6 Å². The maximum absolute atomic E-state index is 8.87. The van der Waals surface area contributed by atoms with E-state index in [4.69, 9.17) is 17.1 Å².